The lowest BCUT2D eigenvalue weighted by Gasteiger charge is -2.02. The fourth-order valence-electron chi connectivity index (χ4n) is 6.66. The molecule has 0 aliphatic rings. The molecular weight excluding hydrogens is 1040 g/mol. The molecule has 8 aromatic carbocycles. The van der Waals surface area contributed by atoms with E-state index in [0.29, 0.717) is 38.4 Å². The Morgan fingerprint density at radius 2 is 0.723 bits per heavy atom. The quantitative estimate of drug-likeness (QED) is 0.0225. The summed E-state index contributed by atoms with van der Waals surface area (Å²) in [6, 6.07) is 77.1. The molecule has 0 radical (unpaired) electrons. The van der Waals surface area contributed by atoms with E-state index in [0.717, 1.165) is 39.8 Å². The average molecular weight is 1110 g/mol. The van der Waals surface area contributed by atoms with E-state index in [1.54, 1.807) is 49.4 Å². The monoisotopic (exact) mass is 1110 g/mol. The molecule has 0 aliphatic carbocycles. The van der Waals surface area contributed by atoms with Gasteiger partial charge in [-0.1, -0.05) is 243 Å². The van der Waals surface area contributed by atoms with Crippen LogP contribution in [0.25, 0.3) is 30.4 Å². The molecule has 0 atom stereocenters. The van der Waals surface area contributed by atoms with Crippen LogP contribution >= 0.6 is 0 Å². The molecule has 10 nitrogen and oxygen atoms in total. The Bertz CT molecular complexity index is 3200. The second-order valence-corrected chi connectivity index (χ2v) is 17.3. The minimum absolute atomic E-state index is 0.217. The third-order valence-corrected chi connectivity index (χ3v) is 10.8. The van der Waals surface area contributed by atoms with Crippen molar-refractivity contribution in [1.82, 2.24) is 0 Å². The Labute approximate surface area is 488 Å². The zero-order valence-electron chi connectivity index (χ0n) is 46.7. The summed E-state index contributed by atoms with van der Waals surface area (Å²) in [6.07, 6.45) is 20.0. The Morgan fingerprint density at radius 1 is 0.386 bits per heavy atom. The van der Waals surface area contributed by atoms with Gasteiger partial charge in [-0.3, -0.25) is 4.79 Å². The van der Waals surface area contributed by atoms with Gasteiger partial charge in [-0.15, -0.1) is 6.58 Å². The molecule has 0 bridgehead atoms. The molecule has 8 aromatic rings. The first-order valence-electron chi connectivity index (χ1n) is 26.9. The lowest BCUT2D eigenvalue weighted by atomic mass is 10.2. The van der Waals surface area contributed by atoms with Crippen molar-refractivity contribution in [2.45, 2.75) is 32.8 Å². The fourth-order valence-corrected chi connectivity index (χ4v) is 6.66. The predicted octanol–water partition coefficient (Wildman–Crippen LogP) is 15.7. The maximum atomic E-state index is 11.5. The SMILES string of the molecule is C=CCCC(=O)Oc1ccccc1.CCOC(=O)/C=C/c1ccccc1.O=C(/C=C/c1ccccc1)OC/C=C/c1ccccc1.O=C(/C=C/c1ccccc1)OCCc1ccccc1.O=C(/C=C/c1ccccc1)OCc1ccccc1. The summed E-state index contributed by atoms with van der Waals surface area (Å²) in [4.78, 5) is 56.5. The van der Waals surface area contributed by atoms with Crippen LogP contribution in [0.15, 0.2) is 286 Å². The van der Waals surface area contributed by atoms with Gasteiger partial charge in [0.05, 0.1) is 13.2 Å². The van der Waals surface area contributed by atoms with Crippen LogP contribution in [0.2, 0.25) is 0 Å². The summed E-state index contributed by atoms with van der Waals surface area (Å²) < 4.78 is 25.1. The molecule has 0 heterocycles. The number of esters is 5. The van der Waals surface area contributed by atoms with Gasteiger partial charge in [-0.25, -0.2) is 19.2 Å². The van der Waals surface area contributed by atoms with Crippen LogP contribution in [0.3, 0.4) is 0 Å². The van der Waals surface area contributed by atoms with E-state index >= 15 is 0 Å². The number of hydrogen-bond acceptors (Lipinski definition) is 10. The highest BCUT2D eigenvalue weighted by molar-refractivity contribution is 5.88. The Balaban J connectivity index is 0.000000225. The van der Waals surface area contributed by atoms with Gasteiger partial charge < -0.3 is 23.7 Å². The molecule has 0 fully saturated rings. The third-order valence-electron chi connectivity index (χ3n) is 10.8. The number of rotatable bonds is 21. The van der Waals surface area contributed by atoms with Crippen LogP contribution in [0.5, 0.6) is 5.75 Å². The van der Waals surface area contributed by atoms with E-state index in [2.05, 4.69) is 6.58 Å². The van der Waals surface area contributed by atoms with E-state index < -0.39 is 0 Å². The highest BCUT2D eigenvalue weighted by Gasteiger charge is 2.03. The predicted molar refractivity (Wildman–Crippen MR) is 334 cm³/mol. The van der Waals surface area contributed by atoms with Gasteiger partial charge in [0, 0.05) is 37.1 Å². The fraction of sp³-hybridized carbons (Fsp3) is 0.110. The maximum Gasteiger partial charge on any atom is 0.331 e. The molecule has 0 aliphatic heterocycles. The average Bonchev–Trinajstić information content (AvgIpc) is 3.54. The third kappa shape index (κ3) is 32.9. The molecule has 0 amide bonds. The second-order valence-electron chi connectivity index (χ2n) is 17.3. The van der Waals surface area contributed by atoms with E-state index in [-0.39, 0.29) is 36.5 Å². The summed E-state index contributed by atoms with van der Waals surface area (Å²) in [6.45, 7) is 6.71. The number of para-hydroxylation sites is 1. The van der Waals surface area contributed by atoms with E-state index in [1.165, 1.54) is 29.9 Å². The summed E-state index contributed by atoms with van der Waals surface area (Å²) in [5, 5.41) is 0. The van der Waals surface area contributed by atoms with Crippen molar-refractivity contribution >= 4 is 60.2 Å². The smallest absolute Gasteiger partial charge is 0.331 e. The first-order valence-corrected chi connectivity index (χ1v) is 26.9. The molecule has 83 heavy (non-hydrogen) atoms. The Morgan fingerprint density at radius 3 is 1.12 bits per heavy atom. The van der Waals surface area contributed by atoms with Crippen molar-refractivity contribution < 1.29 is 47.7 Å². The largest absolute Gasteiger partial charge is 0.463 e. The van der Waals surface area contributed by atoms with E-state index in [9.17, 15) is 24.0 Å². The van der Waals surface area contributed by atoms with Crippen LogP contribution in [0.4, 0.5) is 0 Å². The van der Waals surface area contributed by atoms with Crippen LogP contribution in [0.1, 0.15) is 58.7 Å². The minimum atomic E-state index is -0.341. The van der Waals surface area contributed by atoms with Crippen LogP contribution in [-0.4, -0.2) is 49.7 Å². The molecule has 422 valence electrons. The number of hydrogen-bond donors (Lipinski definition) is 0. The van der Waals surface area contributed by atoms with Crippen molar-refractivity contribution in [3.63, 3.8) is 0 Å². The lowest BCUT2D eigenvalue weighted by molar-refractivity contribution is -0.139. The number of ether oxygens (including phenoxy) is 5. The number of benzene rings is 8. The number of carbonyl (C=O) groups is 5. The maximum absolute atomic E-state index is 11.5. The normalized spacial score (nSPS) is 10.4. The number of allylic oxidation sites excluding steroid dienone is 1. The molecule has 0 saturated heterocycles. The molecule has 0 saturated carbocycles. The van der Waals surface area contributed by atoms with Crippen molar-refractivity contribution in [2.75, 3.05) is 19.8 Å². The first kappa shape index (κ1) is 65.1. The van der Waals surface area contributed by atoms with Gasteiger partial charge in [0.15, 0.2) is 0 Å². The minimum Gasteiger partial charge on any atom is -0.463 e. The van der Waals surface area contributed by atoms with Crippen molar-refractivity contribution in [1.29, 1.82) is 0 Å². The van der Waals surface area contributed by atoms with Gasteiger partial charge in [-0.2, -0.15) is 0 Å². The van der Waals surface area contributed by atoms with E-state index in [4.69, 9.17) is 23.7 Å². The molecule has 10 heteroatoms. The zero-order valence-corrected chi connectivity index (χ0v) is 46.7. The zero-order chi connectivity index (χ0) is 59.1. The molecular formula is C73H70O10. The summed E-state index contributed by atoms with van der Waals surface area (Å²) >= 11 is 0. The van der Waals surface area contributed by atoms with Gasteiger partial charge >= 0.3 is 29.8 Å². The highest BCUT2D eigenvalue weighted by atomic mass is 16.5. The summed E-state index contributed by atoms with van der Waals surface area (Å²) in [5.74, 6) is -0.900. The van der Waals surface area contributed by atoms with Crippen LogP contribution < -0.4 is 4.74 Å². The van der Waals surface area contributed by atoms with Gasteiger partial charge in [0.25, 0.3) is 0 Å². The Hall–Kier alpha value is -10.5. The van der Waals surface area contributed by atoms with Gasteiger partial charge in [0.2, 0.25) is 0 Å². The van der Waals surface area contributed by atoms with Gasteiger partial charge in [0.1, 0.15) is 19.0 Å². The topological polar surface area (TPSA) is 132 Å². The van der Waals surface area contributed by atoms with Crippen molar-refractivity contribution in [2.24, 2.45) is 0 Å². The molecule has 0 aromatic heterocycles. The van der Waals surface area contributed by atoms with Crippen LogP contribution in [0, 0.1) is 0 Å². The summed E-state index contributed by atoms with van der Waals surface area (Å²) in [7, 11) is 0. The van der Waals surface area contributed by atoms with Crippen LogP contribution in [-0.2, 0) is 55.9 Å². The highest BCUT2D eigenvalue weighted by Crippen LogP contribution is 2.11. The molecule has 0 spiro atoms. The van der Waals surface area contributed by atoms with Crippen molar-refractivity contribution in [3.8, 4) is 5.75 Å². The van der Waals surface area contributed by atoms with Crippen molar-refractivity contribution in [3.05, 3.63) is 325 Å². The van der Waals surface area contributed by atoms with E-state index in [1.807, 2.05) is 243 Å². The molecule has 8 rings (SSSR count). The first-order chi connectivity index (χ1) is 40.7. The Kier molecular flexibility index (Phi) is 33.3. The standard InChI is InChI=1S/C18H16O2.C17H16O2.C16H14O2.2C11H12O2/c19-18(14-13-17-10-5-2-6-11-17)20-15-7-12-16-8-3-1-4-9-16;18-17(12-11-15-7-3-1-4-8-15)19-14-13-16-9-5-2-6-10-16;17-16(12-11-14-7-3-1-4-8-14)18-13-15-9-5-2-6-10-15;1-2-13-11(12)9-8-10-6-4-3-5-7-10;1-2-3-9-11(12)13-10-7-5-4-6-8-10/h1-14H,15H2;1-12H,13-14H2;1-12H,13H2;3-9H,2H2,1H3;2,4-8H,1,3,9H2/b12-7+,14-13+;2*12-11+;9-8+;. The summed E-state index contributed by atoms with van der Waals surface area (Å²) in [5.41, 5.74) is 7.18. The lowest BCUT2D eigenvalue weighted by Crippen LogP contribution is -2.06. The molecule has 0 unspecified atom stereocenters. The second kappa shape index (κ2) is 42.5. The molecule has 0 N–H and O–H groups in total. The van der Waals surface area contributed by atoms with Gasteiger partial charge in [-0.05, 0) is 94.8 Å². The number of carbonyl (C=O) groups excluding carboxylic acids is 5.